The van der Waals surface area contributed by atoms with Crippen molar-refractivity contribution < 1.29 is 9.21 Å². The van der Waals surface area contributed by atoms with Crippen LogP contribution in [0.4, 0.5) is 5.69 Å². The first-order valence-electron chi connectivity index (χ1n) is 7.20. The van der Waals surface area contributed by atoms with Crippen LogP contribution in [0.25, 0.3) is 0 Å². The molecule has 2 N–H and O–H groups in total. The molecule has 4 heteroatoms. The molecular weight excluding hydrogens is 264 g/mol. The molecule has 0 spiro atoms. The highest BCUT2D eigenvalue weighted by atomic mass is 16.3. The largest absolute Gasteiger partial charge is 0.466 e. The number of hydrogen-bond acceptors (Lipinski definition) is 3. The Morgan fingerprint density at radius 3 is 2.29 bits per heavy atom. The van der Waals surface area contributed by atoms with Gasteiger partial charge in [0.1, 0.15) is 11.5 Å². The lowest BCUT2D eigenvalue weighted by Gasteiger charge is -2.07. The molecule has 0 saturated heterocycles. The van der Waals surface area contributed by atoms with E-state index in [-0.39, 0.29) is 5.91 Å². The lowest BCUT2D eigenvalue weighted by Crippen LogP contribution is -2.14. The van der Waals surface area contributed by atoms with Crippen molar-refractivity contribution in [2.45, 2.75) is 34.2 Å². The van der Waals surface area contributed by atoms with E-state index in [0.717, 1.165) is 30.1 Å². The van der Waals surface area contributed by atoms with E-state index in [1.807, 2.05) is 45.0 Å². The molecule has 0 atom stereocenters. The number of aryl methyl sites for hydroxylation is 2. The zero-order valence-corrected chi connectivity index (χ0v) is 13.0. The van der Waals surface area contributed by atoms with Gasteiger partial charge in [0.15, 0.2) is 0 Å². The van der Waals surface area contributed by atoms with Crippen molar-refractivity contribution in [3.63, 3.8) is 0 Å². The first-order valence-corrected chi connectivity index (χ1v) is 7.20. The van der Waals surface area contributed by atoms with Gasteiger partial charge >= 0.3 is 0 Å². The highest BCUT2D eigenvalue weighted by Crippen LogP contribution is 2.22. The van der Waals surface area contributed by atoms with Crippen molar-refractivity contribution in [1.82, 2.24) is 5.32 Å². The molecule has 0 radical (unpaired) electrons. The van der Waals surface area contributed by atoms with Gasteiger partial charge in [0.05, 0.1) is 5.56 Å². The summed E-state index contributed by atoms with van der Waals surface area (Å²) in [5, 5.41) is 6.19. The van der Waals surface area contributed by atoms with Crippen LogP contribution in [0.1, 0.15) is 39.9 Å². The zero-order chi connectivity index (χ0) is 15.4. The van der Waals surface area contributed by atoms with Crippen LogP contribution in [-0.2, 0) is 6.54 Å². The van der Waals surface area contributed by atoms with Gasteiger partial charge < -0.3 is 15.1 Å². The van der Waals surface area contributed by atoms with Crippen LogP contribution in [0.5, 0.6) is 0 Å². The summed E-state index contributed by atoms with van der Waals surface area (Å²) >= 11 is 0. The van der Waals surface area contributed by atoms with Crippen LogP contribution in [-0.4, -0.2) is 12.5 Å². The third-order valence-corrected chi connectivity index (χ3v) is 3.58. The van der Waals surface area contributed by atoms with E-state index in [2.05, 4.69) is 17.6 Å². The van der Waals surface area contributed by atoms with E-state index >= 15 is 0 Å². The van der Waals surface area contributed by atoms with Crippen molar-refractivity contribution in [2.75, 3.05) is 11.9 Å². The van der Waals surface area contributed by atoms with Crippen molar-refractivity contribution in [3.05, 3.63) is 52.5 Å². The third-order valence-electron chi connectivity index (χ3n) is 3.58. The van der Waals surface area contributed by atoms with Gasteiger partial charge in [-0.2, -0.15) is 0 Å². The average molecular weight is 286 g/mol. The van der Waals surface area contributed by atoms with E-state index in [9.17, 15) is 4.79 Å². The second-order valence-electron chi connectivity index (χ2n) is 5.15. The summed E-state index contributed by atoms with van der Waals surface area (Å²) in [5.41, 5.74) is 3.51. The number of benzene rings is 1. The van der Waals surface area contributed by atoms with E-state index in [0.29, 0.717) is 11.3 Å². The standard InChI is InChI=1S/C17H22N2O2/c1-5-18-10-14-6-8-15(9-7-14)19-17(20)16-11(2)12(3)21-13(16)4/h6-9,18H,5,10H2,1-4H3,(H,19,20). The maximum atomic E-state index is 12.3. The number of furan rings is 1. The molecular formula is C17H22N2O2. The van der Waals surface area contributed by atoms with Gasteiger partial charge in [-0.05, 0) is 45.0 Å². The molecule has 1 aromatic heterocycles. The first kappa shape index (κ1) is 15.3. The molecule has 0 unspecified atom stereocenters. The minimum absolute atomic E-state index is 0.124. The summed E-state index contributed by atoms with van der Waals surface area (Å²) in [4.78, 5) is 12.3. The van der Waals surface area contributed by atoms with Gasteiger partial charge in [0, 0.05) is 17.8 Å². The van der Waals surface area contributed by atoms with E-state index in [1.54, 1.807) is 0 Å². The van der Waals surface area contributed by atoms with Crippen molar-refractivity contribution in [2.24, 2.45) is 0 Å². The summed E-state index contributed by atoms with van der Waals surface area (Å²) in [5.74, 6) is 1.33. The van der Waals surface area contributed by atoms with E-state index in [4.69, 9.17) is 4.42 Å². The van der Waals surface area contributed by atoms with Crippen LogP contribution in [0.2, 0.25) is 0 Å². The van der Waals surface area contributed by atoms with Gasteiger partial charge in [-0.1, -0.05) is 19.1 Å². The van der Waals surface area contributed by atoms with Crippen LogP contribution >= 0.6 is 0 Å². The number of rotatable bonds is 5. The second-order valence-corrected chi connectivity index (χ2v) is 5.15. The van der Waals surface area contributed by atoms with Crippen molar-refractivity contribution >= 4 is 11.6 Å². The molecule has 0 aliphatic carbocycles. The molecule has 112 valence electrons. The van der Waals surface area contributed by atoms with Gasteiger partial charge in [-0.15, -0.1) is 0 Å². The predicted octanol–water partition coefficient (Wildman–Crippen LogP) is 3.57. The number of carbonyl (C=O) groups is 1. The third kappa shape index (κ3) is 3.52. The summed E-state index contributed by atoms with van der Waals surface area (Å²) in [6, 6.07) is 7.86. The van der Waals surface area contributed by atoms with Gasteiger partial charge in [0.25, 0.3) is 5.91 Å². The molecule has 4 nitrogen and oxygen atoms in total. The minimum Gasteiger partial charge on any atom is -0.466 e. The average Bonchev–Trinajstić information content (AvgIpc) is 2.71. The molecule has 1 heterocycles. The summed E-state index contributed by atoms with van der Waals surface area (Å²) < 4.78 is 5.50. The van der Waals surface area contributed by atoms with Crippen LogP contribution < -0.4 is 10.6 Å². The quantitative estimate of drug-likeness (QED) is 0.883. The lowest BCUT2D eigenvalue weighted by atomic mass is 10.1. The minimum atomic E-state index is -0.124. The lowest BCUT2D eigenvalue weighted by molar-refractivity contribution is 0.102. The summed E-state index contributed by atoms with van der Waals surface area (Å²) in [6.07, 6.45) is 0. The van der Waals surface area contributed by atoms with Crippen LogP contribution in [0.15, 0.2) is 28.7 Å². The topological polar surface area (TPSA) is 54.3 Å². The Morgan fingerprint density at radius 2 is 1.76 bits per heavy atom. The van der Waals surface area contributed by atoms with E-state index < -0.39 is 0 Å². The molecule has 0 bridgehead atoms. The maximum absolute atomic E-state index is 12.3. The molecule has 0 saturated carbocycles. The molecule has 0 fully saturated rings. The Hall–Kier alpha value is -2.07. The number of nitrogens with one attached hydrogen (secondary N) is 2. The zero-order valence-electron chi connectivity index (χ0n) is 13.0. The van der Waals surface area contributed by atoms with Gasteiger partial charge in [0.2, 0.25) is 0 Å². The predicted molar refractivity (Wildman–Crippen MR) is 84.7 cm³/mol. The molecule has 21 heavy (non-hydrogen) atoms. The van der Waals surface area contributed by atoms with Crippen LogP contribution in [0.3, 0.4) is 0 Å². The van der Waals surface area contributed by atoms with Crippen molar-refractivity contribution in [1.29, 1.82) is 0 Å². The highest BCUT2D eigenvalue weighted by molar-refractivity contribution is 6.06. The maximum Gasteiger partial charge on any atom is 0.259 e. The van der Waals surface area contributed by atoms with Crippen molar-refractivity contribution in [3.8, 4) is 0 Å². The highest BCUT2D eigenvalue weighted by Gasteiger charge is 2.18. The Balaban J connectivity index is 2.09. The number of hydrogen-bond donors (Lipinski definition) is 2. The smallest absolute Gasteiger partial charge is 0.259 e. The Bertz CT molecular complexity index is 627. The SMILES string of the molecule is CCNCc1ccc(NC(=O)c2c(C)oc(C)c2C)cc1. The molecule has 0 aliphatic rings. The second kappa shape index (κ2) is 6.59. The van der Waals surface area contributed by atoms with E-state index in [1.165, 1.54) is 5.56 Å². The molecule has 1 aromatic carbocycles. The Labute approximate surface area is 125 Å². The van der Waals surface area contributed by atoms with Crippen LogP contribution in [0, 0.1) is 20.8 Å². The Morgan fingerprint density at radius 1 is 1.10 bits per heavy atom. The van der Waals surface area contributed by atoms with Gasteiger partial charge in [-0.25, -0.2) is 0 Å². The number of carbonyl (C=O) groups excluding carboxylic acids is 1. The fourth-order valence-electron chi connectivity index (χ4n) is 2.30. The fourth-order valence-corrected chi connectivity index (χ4v) is 2.30. The molecule has 2 rings (SSSR count). The fraction of sp³-hybridized carbons (Fsp3) is 0.353. The molecule has 1 amide bonds. The summed E-state index contributed by atoms with van der Waals surface area (Å²) in [7, 11) is 0. The molecule has 0 aliphatic heterocycles. The first-order chi connectivity index (χ1) is 10.0. The number of anilines is 1. The summed E-state index contributed by atoms with van der Waals surface area (Å²) in [6.45, 7) is 9.44. The monoisotopic (exact) mass is 286 g/mol. The number of amides is 1. The Kier molecular flexibility index (Phi) is 4.81. The van der Waals surface area contributed by atoms with Gasteiger partial charge in [-0.3, -0.25) is 4.79 Å². The normalized spacial score (nSPS) is 10.7. The molecule has 2 aromatic rings.